The first kappa shape index (κ1) is 25.7. The standard InChI is InChI=1S/C27H31N3OS.C3H6O2/c1-17-3-4-26(31-15-19-10-18(2)24-13-28-7-5-21(24)11-19)23(9-17)25-16-32-27(29-25)30-8-6-20-12-22(20)14-30;1-2-5-3-4/h3-4,9-11,16,20,22,28H,5-8,12-15H2,1-2H3;3H,2H2,1H3. The SMILES string of the molecule is CCOC=O.Cc1ccc(OCc2cc(C)c3c(c2)CCNC3)c(-c2csc(N3CCC4CC4C3)n2)c1. The molecule has 2 atom stereocenters. The molecule has 0 radical (unpaired) electrons. The van der Waals surface area contributed by atoms with Gasteiger partial charge in [0, 0.05) is 30.6 Å². The van der Waals surface area contributed by atoms with Crippen molar-refractivity contribution in [1.29, 1.82) is 0 Å². The average Bonchev–Trinajstić information content (AvgIpc) is 3.53. The van der Waals surface area contributed by atoms with Crippen molar-refractivity contribution < 1.29 is 14.3 Å². The van der Waals surface area contributed by atoms with E-state index in [1.165, 1.54) is 47.2 Å². The van der Waals surface area contributed by atoms with Crippen LogP contribution in [0, 0.1) is 25.7 Å². The highest BCUT2D eigenvalue weighted by Gasteiger charge is 2.42. The van der Waals surface area contributed by atoms with E-state index in [1.54, 1.807) is 18.3 Å². The van der Waals surface area contributed by atoms with Crippen LogP contribution in [0.25, 0.3) is 11.3 Å². The van der Waals surface area contributed by atoms with Crippen LogP contribution in [0.4, 0.5) is 5.13 Å². The van der Waals surface area contributed by atoms with Crippen LogP contribution in [-0.4, -0.2) is 37.7 Å². The summed E-state index contributed by atoms with van der Waals surface area (Å²) in [6.07, 6.45) is 3.84. The zero-order chi connectivity index (χ0) is 25.8. The Bertz CT molecular complexity index is 1240. The van der Waals surface area contributed by atoms with Gasteiger partial charge in [0.15, 0.2) is 5.13 Å². The second-order valence-corrected chi connectivity index (χ2v) is 11.2. The van der Waals surface area contributed by atoms with Crippen molar-refractivity contribution in [1.82, 2.24) is 10.3 Å². The lowest BCUT2D eigenvalue weighted by atomic mass is 9.94. The largest absolute Gasteiger partial charge is 0.488 e. The fourth-order valence-electron chi connectivity index (χ4n) is 5.46. The lowest BCUT2D eigenvalue weighted by Gasteiger charge is -2.25. The zero-order valence-corrected chi connectivity index (χ0v) is 22.9. The maximum atomic E-state index is 9.18. The Balaban J connectivity index is 0.000000514. The fraction of sp³-hybridized carbons (Fsp3) is 0.467. The second-order valence-electron chi connectivity index (χ2n) is 10.3. The summed E-state index contributed by atoms with van der Waals surface area (Å²) in [6.45, 7) is 12.0. The number of fused-ring (bicyclic) bond motifs is 2. The minimum atomic E-state index is 0.431. The first-order valence-corrected chi connectivity index (χ1v) is 14.2. The number of hydrogen-bond acceptors (Lipinski definition) is 7. The van der Waals surface area contributed by atoms with Crippen molar-refractivity contribution in [3.63, 3.8) is 0 Å². The Kier molecular flexibility index (Phi) is 8.11. The van der Waals surface area contributed by atoms with Crippen molar-refractivity contribution in [3.8, 4) is 17.0 Å². The molecule has 1 aromatic heterocycles. The summed E-state index contributed by atoms with van der Waals surface area (Å²) in [5, 5.41) is 6.84. The van der Waals surface area contributed by atoms with E-state index in [0.29, 0.717) is 19.7 Å². The molecule has 2 unspecified atom stereocenters. The number of hydrogen-bond donors (Lipinski definition) is 1. The lowest BCUT2D eigenvalue weighted by molar-refractivity contribution is -0.128. The van der Waals surface area contributed by atoms with Gasteiger partial charge in [0.2, 0.25) is 0 Å². The smallest absolute Gasteiger partial charge is 0.293 e. The van der Waals surface area contributed by atoms with E-state index >= 15 is 0 Å². The summed E-state index contributed by atoms with van der Waals surface area (Å²) in [5.41, 5.74) is 8.91. The average molecular weight is 520 g/mol. The van der Waals surface area contributed by atoms with Gasteiger partial charge in [-0.25, -0.2) is 4.98 Å². The van der Waals surface area contributed by atoms with Crippen molar-refractivity contribution in [3.05, 3.63) is 63.5 Å². The van der Waals surface area contributed by atoms with E-state index in [4.69, 9.17) is 9.72 Å². The predicted octanol–water partition coefficient (Wildman–Crippen LogP) is 5.68. The van der Waals surface area contributed by atoms with Gasteiger partial charge in [0.25, 0.3) is 6.47 Å². The van der Waals surface area contributed by atoms with Gasteiger partial charge in [0.05, 0.1) is 12.3 Å². The van der Waals surface area contributed by atoms with Crippen LogP contribution >= 0.6 is 11.3 Å². The molecule has 1 saturated carbocycles. The number of thiazole rings is 1. The van der Waals surface area contributed by atoms with Gasteiger partial charge in [-0.05, 0) is 92.8 Å². The first-order valence-electron chi connectivity index (χ1n) is 13.4. The van der Waals surface area contributed by atoms with Gasteiger partial charge in [-0.15, -0.1) is 11.3 Å². The molecule has 7 heteroatoms. The van der Waals surface area contributed by atoms with Crippen LogP contribution < -0.4 is 15.0 Å². The van der Waals surface area contributed by atoms with Gasteiger partial charge in [-0.3, -0.25) is 4.79 Å². The summed E-state index contributed by atoms with van der Waals surface area (Å²) in [4.78, 5) is 16.7. The Morgan fingerprint density at radius 1 is 1.22 bits per heavy atom. The van der Waals surface area contributed by atoms with E-state index in [1.807, 2.05) is 0 Å². The number of piperidine rings is 1. The summed E-state index contributed by atoms with van der Waals surface area (Å²) in [7, 11) is 0. The Labute approximate surface area is 224 Å². The molecular weight excluding hydrogens is 482 g/mol. The molecule has 0 bridgehead atoms. The quantitative estimate of drug-likeness (QED) is 0.406. The molecular formula is C30H37N3O3S. The molecule has 2 aromatic carbocycles. The topological polar surface area (TPSA) is 63.7 Å². The fourth-order valence-corrected chi connectivity index (χ4v) is 6.32. The molecule has 3 aromatic rings. The van der Waals surface area contributed by atoms with Crippen molar-refractivity contribution >= 4 is 22.9 Å². The third-order valence-corrected chi connectivity index (χ3v) is 8.50. The number of aryl methyl sites for hydroxylation is 2. The van der Waals surface area contributed by atoms with Crippen molar-refractivity contribution in [2.24, 2.45) is 11.8 Å². The molecule has 3 aliphatic rings. The third kappa shape index (κ3) is 6.16. The summed E-state index contributed by atoms with van der Waals surface area (Å²) in [5.74, 6) is 2.82. The number of nitrogens with zero attached hydrogens (tertiary/aromatic N) is 2. The molecule has 6 nitrogen and oxygen atoms in total. The molecule has 0 amide bonds. The maximum absolute atomic E-state index is 9.18. The summed E-state index contributed by atoms with van der Waals surface area (Å²) < 4.78 is 10.5. The molecule has 1 saturated heterocycles. The molecule has 6 rings (SSSR count). The number of rotatable bonds is 7. The van der Waals surface area contributed by atoms with E-state index in [9.17, 15) is 4.79 Å². The molecule has 37 heavy (non-hydrogen) atoms. The minimum Gasteiger partial charge on any atom is -0.488 e. The van der Waals surface area contributed by atoms with Gasteiger partial charge in [-0.1, -0.05) is 23.8 Å². The number of anilines is 1. The molecule has 1 aliphatic carbocycles. The highest BCUT2D eigenvalue weighted by atomic mass is 32.1. The van der Waals surface area contributed by atoms with Gasteiger partial charge in [-0.2, -0.15) is 0 Å². The minimum absolute atomic E-state index is 0.431. The van der Waals surface area contributed by atoms with E-state index in [2.05, 4.69) is 64.5 Å². The van der Waals surface area contributed by atoms with Gasteiger partial charge in [0.1, 0.15) is 12.4 Å². The van der Waals surface area contributed by atoms with Crippen LogP contribution in [0.2, 0.25) is 0 Å². The van der Waals surface area contributed by atoms with E-state index < -0.39 is 0 Å². The monoisotopic (exact) mass is 519 g/mol. The normalized spacial score (nSPS) is 19.7. The molecule has 2 aliphatic heterocycles. The molecule has 2 fully saturated rings. The highest BCUT2D eigenvalue weighted by Crippen LogP contribution is 2.46. The molecule has 1 N–H and O–H groups in total. The molecule has 196 valence electrons. The third-order valence-electron chi connectivity index (χ3n) is 7.59. The van der Waals surface area contributed by atoms with Crippen LogP contribution in [0.1, 0.15) is 47.6 Å². The number of carbonyl (C=O) groups excluding carboxylic acids is 1. The molecule has 0 spiro atoms. The van der Waals surface area contributed by atoms with Gasteiger partial charge >= 0.3 is 0 Å². The van der Waals surface area contributed by atoms with Crippen LogP contribution in [0.5, 0.6) is 5.75 Å². The van der Waals surface area contributed by atoms with E-state index in [-0.39, 0.29) is 0 Å². The molecule has 3 heterocycles. The number of benzene rings is 2. The number of aromatic nitrogens is 1. The summed E-state index contributed by atoms with van der Waals surface area (Å²) >= 11 is 1.77. The van der Waals surface area contributed by atoms with Crippen LogP contribution in [0.3, 0.4) is 0 Å². The zero-order valence-electron chi connectivity index (χ0n) is 22.1. The van der Waals surface area contributed by atoms with E-state index in [0.717, 1.165) is 60.0 Å². The van der Waals surface area contributed by atoms with Gasteiger partial charge < -0.3 is 19.7 Å². The summed E-state index contributed by atoms with van der Waals surface area (Å²) in [6, 6.07) is 11.1. The number of carbonyl (C=O) groups is 1. The lowest BCUT2D eigenvalue weighted by Crippen LogP contribution is -2.31. The van der Waals surface area contributed by atoms with Crippen molar-refractivity contribution in [2.75, 3.05) is 31.1 Å². The Hall–Kier alpha value is -2.90. The maximum Gasteiger partial charge on any atom is 0.293 e. The Morgan fingerprint density at radius 3 is 2.89 bits per heavy atom. The van der Waals surface area contributed by atoms with Crippen LogP contribution in [0.15, 0.2) is 35.7 Å². The number of ether oxygens (including phenoxy) is 2. The Morgan fingerprint density at radius 2 is 2.11 bits per heavy atom. The van der Waals surface area contributed by atoms with Crippen molar-refractivity contribution in [2.45, 2.75) is 53.2 Å². The predicted molar refractivity (Wildman–Crippen MR) is 149 cm³/mol. The first-order chi connectivity index (χ1) is 18.1. The van der Waals surface area contributed by atoms with Crippen LogP contribution in [-0.2, 0) is 29.1 Å². The highest BCUT2D eigenvalue weighted by molar-refractivity contribution is 7.14. The number of nitrogens with one attached hydrogen (secondary N) is 1. The second kappa shape index (κ2) is 11.7.